The summed E-state index contributed by atoms with van der Waals surface area (Å²) < 4.78 is 0. The first-order valence-corrected chi connectivity index (χ1v) is 5.63. The van der Waals surface area contributed by atoms with Gasteiger partial charge >= 0.3 is 0 Å². The van der Waals surface area contributed by atoms with E-state index in [2.05, 4.69) is 20.5 Å². The van der Waals surface area contributed by atoms with Crippen LogP contribution in [-0.2, 0) is 6.42 Å². The highest BCUT2D eigenvalue weighted by molar-refractivity contribution is 7.13. The zero-order valence-electron chi connectivity index (χ0n) is 8.65. The summed E-state index contributed by atoms with van der Waals surface area (Å²) in [6.45, 7) is 1.99. The molecule has 2 aromatic rings. The average Bonchev–Trinajstić information content (AvgIpc) is 2.86. The van der Waals surface area contributed by atoms with Crippen LogP contribution in [0.15, 0.2) is 11.6 Å². The maximum absolute atomic E-state index is 11.7. The zero-order chi connectivity index (χ0) is 11.5. The van der Waals surface area contributed by atoms with Gasteiger partial charge in [-0.05, 0) is 6.42 Å². The van der Waals surface area contributed by atoms with Crippen LogP contribution < -0.4 is 11.1 Å². The van der Waals surface area contributed by atoms with Crippen molar-refractivity contribution in [1.82, 2.24) is 15.2 Å². The first-order chi connectivity index (χ1) is 7.70. The van der Waals surface area contributed by atoms with Gasteiger partial charge in [-0.1, -0.05) is 6.92 Å². The van der Waals surface area contributed by atoms with E-state index in [4.69, 9.17) is 5.73 Å². The molecule has 16 heavy (non-hydrogen) atoms. The summed E-state index contributed by atoms with van der Waals surface area (Å²) in [7, 11) is 0. The standard InChI is InChI=1S/C9H11N5OS/c1-2-5-3-11-14-7(5)13-8(15)6-4-16-9(10)12-6/h3-4H,2H2,1H3,(H2,10,12)(H2,11,13,14,15). The molecule has 0 aliphatic rings. The number of thiazole rings is 1. The number of hydrogen-bond donors (Lipinski definition) is 3. The van der Waals surface area contributed by atoms with E-state index in [0.29, 0.717) is 16.6 Å². The molecule has 0 saturated heterocycles. The van der Waals surface area contributed by atoms with Crippen LogP contribution >= 0.6 is 11.3 Å². The molecule has 7 heteroatoms. The Kier molecular flexibility index (Phi) is 2.86. The molecule has 0 saturated carbocycles. The second-order valence-corrected chi connectivity index (χ2v) is 4.04. The predicted molar refractivity (Wildman–Crippen MR) is 62.4 cm³/mol. The third kappa shape index (κ3) is 2.03. The van der Waals surface area contributed by atoms with Crippen molar-refractivity contribution in [2.24, 2.45) is 0 Å². The number of aromatic nitrogens is 3. The van der Waals surface area contributed by atoms with Gasteiger partial charge in [0.05, 0.1) is 6.20 Å². The van der Waals surface area contributed by atoms with Gasteiger partial charge in [0, 0.05) is 10.9 Å². The Balaban J connectivity index is 2.13. The molecule has 0 aliphatic heterocycles. The van der Waals surface area contributed by atoms with Gasteiger partial charge in [-0.2, -0.15) is 5.10 Å². The first kappa shape index (κ1) is 10.6. The molecule has 2 aromatic heterocycles. The fourth-order valence-electron chi connectivity index (χ4n) is 1.26. The number of nitrogens with zero attached hydrogens (tertiary/aromatic N) is 2. The molecule has 0 atom stereocenters. The topological polar surface area (TPSA) is 96.7 Å². The van der Waals surface area contributed by atoms with Crippen LogP contribution in [0.3, 0.4) is 0 Å². The third-order valence-electron chi connectivity index (χ3n) is 2.09. The molecule has 0 bridgehead atoms. The van der Waals surface area contributed by atoms with Crippen molar-refractivity contribution in [3.63, 3.8) is 0 Å². The molecule has 2 heterocycles. The van der Waals surface area contributed by atoms with E-state index in [9.17, 15) is 4.79 Å². The van der Waals surface area contributed by atoms with Gasteiger partial charge in [-0.3, -0.25) is 9.89 Å². The number of hydrogen-bond acceptors (Lipinski definition) is 5. The fourth-order valence-corrected chi connectivity index (χ4v) is 1.80. The SMILES string of the molecule is CCc1cn[nH]c1NC(=O)c1csc(N)n1. The van der Waals surface area contributed by atoms with E-state index in [-0.39, 0.29) is 5.91 Å². The Hall–Kier alpha value is -1.89. The Morgan fingerprint density at radius 1 is 1.69 bits per heavy atom. The summed E-state index contributed by atoms with van der Waals surface area (Å²) in [4.78, 5) is 15.6. The van der Waals surface area contributed by atoms with Gasteiger partial charge in [0.1, 0.15) is 11.5 Å². The largest absolute Gasteiger partial charge is 0.375 e. The smallest absolute Gasteiger partial charge is 0.276 e. The maximum atomic E-state index is 11.7. The van der Waals surface area contributed by atoms with Crippen molar-refractivity contribution < 1.29 is 4.79 Å². The van der Waals surface area contributed by atoms with Gasteiger partial charge in [0.25, 0.3) is 5.91 Å². The number of rotatable bonds is 3. The second-order valence-electron chi connectivity index (χ2n) is 3.15. The molecule has 0 fully saturated rings. The number of nitrogens with one attached hydrogen (secondary N) is 2. The van der Waals surface area contributed by atoms with Crippen molar-refractivity contribution in [2.75, 3.05) is 11.1 Å². The molecule has 6 nitrogen and oxygen atoms in total. The van der Waals surface area contributed by atoms with Crippen LogP contribution in [0, 0.1) is 0 Å². The van der Waals surface area contributed by atoms with Gasteiger partial charge in [-0.15, -0.1) is 11.3 Å². The van der Waals surface area contributed by atoms with Crippen LogP contribution in [0.25, 0.3) is 0 Å². The Bertz CT molecular complexity index is 503. The minimum atomic E-state index is -0.285. The molecule has 0 aliphatic carbocycles. The zero-order valence-corrected chi connectivity index (χ0v) is 9.47. The van der Waals surface area contributed by atoms with E-state index in [1.807, 2.05) is 6.92 Å². The lowest BCUT2D eigenvalue weighted by Gasteiger charge is -2.01. The lowest BCUT2D eigenvalue weighted by molar-refractivity contribution is 0.102. The number of aryl methyl sites for hydroxylation is 1. The molecule has 84 valence electrons. The highest BCUT2D eigenvalue weighted by atomic mass is 32.1. The summed E-state index contributed by atoms with van der Waals surface area (Å²) in [6, 6.07) is 0. The average molecular weight is 237 g/mol. The number of carbonyl (C=O) groups excluding carboxylic acids is 1. The van der Waals surface area contributed by atoms with Crippen LogP contribution in [-0.4, -0.2) is 21.1 Å². The third-order valence-corrected chi connectivity index (χ3v) is 2.77. The normalized spacial score (nSPS) is 10.3. The lowest BCUT2D eigenvalue weighted by atomic mass is 10.2. The summed E-state index contributed by atoms with van der Waals surface area (Å²) in [6.07, 6.45) is 2.48. The number of nitrogens with two attached hydrogens (primary N) is 1. The molecular weight excluding hydrogens is 226 g/mol. The number of amides is 1. The van der Waals surface area contributed by atoms with E-state index in [1.54, 1.807) is 11.6 Å². The van der Waals surface area contributed by atoms with E-state index < -0.39 is 0 Å². The van der Waals surface area contributed by atoms with E-state index in [0.717, 1.165) is 12.0 Å². The van der Waals surface area contributed by atoms with E-state index >= 15 is 0 Å². The maximum Gasteiger partial charge on any atom is 0.276 e. The first-order valence-electron chi connectivity index (χ1n) is 4.75. The summed E-state index contributed by atoms with van der Waals surface area (Å²) >= 11 is 1.24. The van der Waals surface area contributed by atoms with Crippen molar-refractivity contribution >= 4 is 28.2 Å². The molecule has 2 rings (SSSR count). The van der Waals surface area contributed by atoms with Crippen LogP contribution in [0.1, 0.15) is 23.0 Å². The molecular formula is C9H11N5OS. The Morgan fingerprint density at radius 2 is 2.50 bits per heavy atom. The molecule has 0 radical (unpaired) electrons. The van der Waals surface area contributed by atoms with Gasteiger partial charge < -0.3 is 11.1 Å². The Morgan fingerprint density at radius 3 is 3.12 bits per heavy atom. The van der Waals surface area contributed by atoms with Crippen molar-refractivity contribution in [1.29, 1.82) is 0 Å². The summed E-state index contributed by atoms with van der Waals surface area (Å²) in [5, 5.41) is 11.3. The highest BCUT2D eigenvalue weighted by Crippen LogP contribution is 2.15. The number of H-pyrrole nitrogens is 1. The minimum absolute atomic E-state index is 0.285. The van der Waals surface area contributed by atoms with Gasteiger partial charge in [0.2, 0.25) is 0 Å². The highest BCUT2D eigenvalue weighted by Gasteiger charge is 2.12. The van der Waals surface area contributed by atoms with Crippen LogP contribution in [0.5, 0.6) is 0 Å². The molecule has 4 N–H and O–H groups in total. The second kappa shape index (κ2) is 4.31. The van der Waals surface area contributed by atoms with E-state index in [1.165, 1.54) is 11.3 Å². The molecule has 0 aromatic carbocycles. The lowest BCUT2D eigenvalue weighted by Crippen LogP contribution is -2.13. The van der Waals surface area contributed by atoms with Crippen molar-refractivity contribution in [3.05, 3.63) is 22.8 Å². The fraction of sp³-hybridized carbons (Fsp3) is 0.222. The monoisotopic (exact) mass is 237 g/mol. The molecule has 0 unspecified atom stereocenters. The molecule has 0 spiro atoms. The van der Waals surface area contributed by atoms with Crippen LogP contribution in [0.2, 0.25) is 0 Å². The van der Waals surface area contributed by atoms with Crippen molar-refractivity contribution in [3.8, 4) is 0 Å². The quantitative estimate of drug-likeness (QED) is 0.748. The number of aromatic amines is 1. The van der Waals surface area contributed by atoms with Gasteiger partial charge in [0.15, 0.2) is 5.13 Å². The minimum Gasteiger partial charge on any atom is -0.375 e. The number of nitrogen functional groups attached to an aromatic ring is 1. The summed E-state index contributed by atoms with van der Waals surface area (Å²) in [5.41, 5.74) is 6.73. The van der Waals surface area contributed by atoms with Crippen molar-refractivity contribution in [2.45, 2.75) is 13.3 Å². The molecule has 1 amide bonds. The summed E-state index contributed by atoms with van der Waals surface area (Å²) in [5.74, 6) is 0.325. The predicted octanol–water partition coefficient (Wildman–Crippen LogP) is 1.26. The van der Waals surface area contributed by atoms with Crippen LogP contribution in [0.4, 0.5) is 10.9 Å². The number of anilines is 2. The van der Waals surface area contributed by atoms with Gasteiger partial charge in [-0.25, -0.2) is 4.98 Å². The Labute approximate surface area is 95.9 Å². The number of carbonyl (C=O) groups is 1.